The molecule has 0 radical (unpaired) electrons. The van der Waals surface area contributed by atoms with Gasteiger partial charge in [0.1, 0.15) is 30.8 Å². The largest absolute Gasteiger partial charge is 0.462 e. The van der Waals surface area contributed by atoms with Gasteiger partial charge in [0.05, 0.1) is 0 Å². The van der Waals surface area contributed by atoms with E-state index in [4.69, 9.17) is 9.47 Å². The fraction of sp³-hybridized carbons (Fsp3) is 0.588. The number of halogens is 1. The number of hydrogen-bond donors (Lipinski definition) is 0. The third-order valence-corrected chi connectivity index (χ3v) is 5.37. The average molecular weight is 321 g/mol. The van der Waals surface area contributed by atoms with Gasteiger partial charge in [-0.05, 0) is 17.1 Å². The summed E-state index contributed by atoms with van der Waals surface area (Å²) in [5.41, 5.74) is 0.706. The number of rotatable bonds is 5. The first-order chi connectivity index (χ1) is 11.2. The number of likely N-dealkylation sites (N-methyl/N-ethyl adjacent to an activating group) is 1. The molecule has 3 heterocycles. The Morgan fingerprint density at radius 3 is 2.57 bits per heavy atom. The summed E-state index contributed by atoms with van der Waals surface area (Å²) in [4.78, 5) is 18.6. The second-order valence-electron chi connectivity index (χ2n) is 6.63. The summed E-state index contributed by atoms with van der Waals surface area (Å²) in [5, 5.41) is 0. The molecule has 4 rings (SSSR count). The van der Waals surface area contributed by atoms with Crippen molar-refractivity contribution in [2.24, 2.45) is 0 Å². The molecule has 0 N–H and O–H groups in total. The molecule has 3 fully saturated rings. The van der Waals surface area contributed by atoms with Crippen LogP contribution in [0.3, 0.4) is 0 Å². The summed E-state index contributed by atoms with van der Waals surface area (Å²) in [6.45, 7) is -0.323. The van der Waals surface area contributed by atoms with Crippen molar-refractivity contribution in [3.05, 3.63) is 35.9 Å². The number of benzene rings is 1. The molecule has 3 saturated heterocycles. The lowest BCUT2D eigenvalue weighted by Gasteiger charge is -2.38. The minimum atomic E-state index is -0.732. The van der Waals surface area contributed by atoms with Crippen LogP contribution in [0.4, 0.5) is 4.53 Å². The maximum Gasteiger partial charge on any atom is 0.316 e. The summed E-state index contributed by atoms with van der Waals surface area (Å²) in [7, 11) is 2.10. The fourth-order valence-corrected chi connectivity index (χ4v) is 4.09. The molecule has 2 bridgehead atoms. The molecular weight excluding hydrogens is 301 g/mol. The minimum absolute atomic E-state index is 0.129. The molecule has 1 aromatic rings. The Morgan fingerprint density at radius 2 is 1.96 bits per heavy atom. The zero-order chi connectivity index (χ0) is 16.0. The number of fused-ring (bicyclic) bond motifs is 5. The molecule has 0 aromatic heterocycles. The molecule has 1 unspecified atom stereocenters. The summed E-state index contributed by atoms with van der Waals surface area (Å²) in [6.07, 6.45) is 2.02. The summed E-state index contributed by atoms with van der Waals surface area (Å²) in [5.74, 6) is -1.15. The Balaban J connectivity index is 1.43. The van der Waals surface area contributed by atoms with E-state index in [0.29, 0.717) is 29.9 Å². The molecular formula is C17H20FNO4. The van der Waals surface area contributed by atoms with Gasteiger partial charge in [0, 0.05) is 24.9 Å². The van der Waals surface area contributed by atoms with E-state index in [-0.39, 0.29) is 12.7 Å². The van der Waals surface area contributed by atoms with Crippen LogP contribution in [-0.4, -0.2) is 54.9 Å². The van der Waals surface area contributed by atoms with Gasteiger partial charge in [-0.1, -0.05) is 30.3 Å². The Labute approximate surface area is 134 Å². The first kappa shape index (κ1) is 15.1. The average Bonchev–Trinajstić information content (AvgIpc) is 3.31. The SMILES string of the molecule is CN1[C@@H]2CC(OC(=O)[C@H](COF)c3ccccc3)C[C@H]1[C@@H]1O[C@@H]12. The molecule has 0 saturated carbocycles. The molecule has 5 nitrogen and oxygen atoms in total. The van der Waals surface area contributed by atoms with Crippen molar-refractivity contribution in [3.8, 4) is 0 Å². The van der Waals surface area contributed by atoms with E-state index in [1.165, 1.54) is 0 Å². The lowest BCUT2D eigenvalue weighted by molar-refractivity contribution is -0.169. The van der Waals surface area contributed by atoms with Gasteiger partial charge in [-0.3, -0.25) is 9.69 Å². The van der Waals surface area contributed by atoms with Gasteiger partial charge in [-0.25, -0.2) is 0 Å². The fourth-order valence-electron chi connectivity index (χ4n) is 4.09. The molecule has 0 spiro atoms. The van der Waals surface area contributed by atoms with E-state index in [2.05, 4.69) is 16.9 Å². The standard InChI is InChI=1S/C17H20FNO4/c1-19-13-7-11(8-14(19)16-15(13)23-16)22-17(20)12(9-21-18)10-5-3-2-4-6-10/h2-6,11-16H,7-9H2,1H3/t11?,12-,13-,14+,15-,16+/m1/s1. The van der Waals surface area contributed by atoms with E-state index >= 15 is 0 Å². The molecule has 1 aromatic carbocycles. The second kappa shape index (κ2) is 5.85. The normalized spacial score (nSPS) is 36.3. The van der Waals surface area contributed by atoms with Gasteiger partial charge >= 0.3 is 5.97 Å². The van der Waals surface area contributed by atoms with Gasteiger partial charge in [-0.2, -0.15) is 4.94 Å². The van der Waals surface area contributed by atoms with E-state index in [1.54, 1.807) is 12.1 Å². The number of morpholine rings is 1. The first-order valence-electron chi connectivity index (χ1n) is 8.05. The highest BCUT2D eigenvalue weighted by molar-refractivity contribution is 5.78. The van der Waals surface area contributed by atoms with Crippen LogP contribution in [-0.2, 0) is 19.2 Å². The van der Waals surface area contributed by atoms with Gasteiger partial charge in [0.15, 0.2) is 0 Å². The van der Waals surface area contributed by atoms with E-state index in [0.717, 1.165) is 12.8 Å². The van der Waals surface area contributed by atoms with E-state index in [1.807, 2.05) is 18.2 Å². The van der Waals surface area contributed by atoms with Gasteiger partial charge in [0.25, 0.3) is 0 Å². The lowest BCUT2D eigenvalue weighted by Crippen LogP contribution is -2.48. The lowest BCUT2D eigenvalue weighted by atomic mass is 9.97. The van der Waals surface area contributed by atoms with Gasteiger partial charge < -0.3 is 9.47 Å². The zero-order valence-corrected chi connectivity index (χ0v) is 12.9. The molecule has 3 aliphatic rings. The van der Waals surface area contributed by atoms with Crippen LogP contribution < -0.4 is 0 Å². The van der Waals surface area contributed by atoms with Crippen LogP contribution in [0, 0.1) is 0 Å². The number of carbonyl (C=O) groups excluding carboxylic acids is 1. The number of carbonyl (C=O) groups is 1. The van der Waals surface area contributed by atoms with Crippen LogP contribution >= 0.6 is 0 Å². The summed E-state index contributed by atoms with van der Waals surface area (Å²) < 4.78 is 23.7. The Bertz CT molecular complexity index is 565. The van der Waals surface area contributed by atoms with Crippen molar-refractivity contribution in [1.82, 2.24) is 4.90 Å². The van der Waals surface area contributed by atoms with Gasteiger partial charge in [0.2, 0.25) is 0 Å². The van der Waals surface area contributed by atoms with Crippen molar-refractivity contribution >= 4 is 5.97 Å². The topological polar surface area (TPSA) is 51.3 Å². The predicted octanol–water partition coefficient (Wildman–Crippen LogP) is 1.83. The highest BCUT2D eigenvalue weighted by atomic mass is 19.3. The predicted molar refractivity (Wildman–Crippen MR) is 79.4 cm³/mol. The first-order valence-corrected chi connectivity index (χ1v) is 8.05. The van der Waals surface area contributed by atoms with Crippen LogP contribution in [0.1, 0.15) is 24.3 Å². The minimum Gasteiger partial charge on any atom is -0.462 e. The molecule has 3 aliphatic heterocycles. The van der Waals surface area contributed by atoms with Crippen LogP contribution in [0.5, 0.6) is 0 Å². The van der Waals surface area contributed by atoms with Crippen molar-refractivity contribution in [1.29, 1.82) is 0 Å². The van der Waals surface area contributed by atoms with Crippen LogP contribution in [0.2, 0.25) is 0 Å². The van der Waals surface area contributed by atoms with E-state index in [9.17, 15) is 9.32 Å². The molecule has 0 amide bonds. The Kier molecular flexibility index (Phi) is 3.83. The van der Waals surface area contributed by atoms with E-state index < -0.39 is 11.9 Å². The number of epoxide rings is 1. The highest BCUT2D eigenvalue weighted by Crippen LogP contribution is 2.48. The van der Waals surface area contributed by atoms with Crippen molar-refractivity contribution < 1.29 is 23.7 Å². The number of nitrogens with zero attached hydrogens (tertiary/aromatic N) is 1. The molecule has 0 aliphatic carbocycles. The number of hydrogen-bond acceptors (Lipinski definition) is 5. The number of piperidine rings is 1. The monoisotopic (exact) mass is 321 g/mol. The van der Waals surface area contributed by atoms with Gasteiger partial charge in [-0.15, -0.1) is 0 Å². The molecule has 6 atom stereocenters. The summed E-state index contributed by atoms with van der Waals surface area (Å²) >= 11 is 0. The quantitative estimate of drug-likeness (QED) is 0.612. The highest BCUT2D eigenvalue weighted by Gasteiger charge is 2.62. The number of esters is 1. The maximum absolute atomic E-state index is 12.5. The van der Waals surface area contributed by atoms with Crippen molar-refractivity contribution in [2.75, 3.05) is 13.7 Å². The number of ether oxygens (including phenoxy) is 2. The van der Waals surface area contributed by atoms with Crippen LogP contribution in [0.25, 0.3) is 0 Å². The van der Waals surface area contributed by atoms with Crippen molar-refractivity contribution in [3.63, 3.8) is 0 Å². The smallest absolute Gasteiger partial charge is 0.316 e. The zero-order valence-electron chi connectivity index (χ0n) is 12.9. The van der Waals surface area contributed by atoms with Crippen molar-refractivity contribution in [2.45, 2.75) is 49.2 Å². The molecule has 124 valence electrons. The third-order valence-electron chi connectivity index (χ3n) is 5.37. The molecule has 23 heavy (non-hydrogen) atoms. The third kappa shape index (κ3) is 2.65. The Hall–Kier alpha value is -1.50. The molecule has 6 heteroatoms. The second-order valence-corrected chi connectivity index (χ2v) is 6.63. The van der Waals surface area contributed by atoms with Crippen LogP contribution in [0.15, 0.2) is 30.3 Å². The Morgan fingerprint density at radius 1 is 1.30 bits per heavy atom. The maximum atomic E-state index is 12.5. The summed E-state index contributed by atoms with van der Waals surface area (Å²) in [6, 6.07) is 9.69.